The molecule has 0 spiro atoms. The van der Waals surface area contributed by atoms with Gasteiger partial charge in [0.2, 0.25) is 5.91 Å². The van der Waals surface area contributed by atoms with E-state index in [9.17, 15) is 14.4 Å². The minimum Gasteiger partial charge on any atom is -0.497 e. The molecule has 0 radical (unpaired) electrons. The molecule has 0 atom stereocenters. The van der Waals surface area contributed by atoms with Crippen LogP contribution in [0.2, 0.25) is 0 Å². The van der Waals surface area contributed by atoms with Crippen molar-refractivity contribution in [1.29, 1.82) is 0 Å². The van der Waals surface area contributed by atoms with Crippen LogP contribution >= 0.6 is 0 Å². The first-order valence-electron chi connectivity index (χ1n) is 7.96. The fraction of sp³-hybridized carbons (Fsp3) is 0.211. The van der Waals surface area contributed by atoms with E-state index >= 15 is 0 Å². The van der Waals surface area contributed by atoms with E-state index in [0.717, 1.165) is 0 Å². The summed E-state index contributed by atoms with van der Waals surface area (Å²) in [6, 6.07) is 15.1. The van der Waals surface area contributed by atoms with Crippen molar-refractivity contribution in [3.63, 3.8) is 0 Å². The van der Waals surface area contributed by atoms with Crippen molar-refractivity contribution in [3.05, 3.63) is 60.2 Å². The Hall–Kier alpha value is -3.35. The molecular formula is C19H20N2O5. The van der Waals surface area contributed by atoms with E-state index in [1.165, 1.54) is 12.0 Å². The van der Waals surface area contributed by atoms with Crippen molar-refractivity contribution in [2.24, 2.45) is 5.73 Å². The minimum atomic E-state index is -0.621. The van der Waals surface area contributed by atoms with Crippen LogP contribution in [0.1, 0.15) is 16.8 Å². The van der Waals surface area contributed by atoms with Gasteiger partial charge in [0.25, 0.3) is 5.91 Å². The second kappa shape index (κ2) is 9.22. The number of esters is 1. The molecule has 0 aromatic heterocycles. The molecule has 7 heteroatoms. The number of rotatable bonds is 8. The number of carbonyl (C=O) groups excluding carboxylic acids is 3. The van der Waals surface area contributed by atoms with Gasteiger partial charge >= 0.3 is 5.97 Å². The summed E-state index contributed by atoms with van der Waals surface area (Å²) in [6.45, 7) is -0.337. The Labute approximate surface area is 151 Å². The first-order chi connectivity index (χ1) is 12.5. The molecule has 2 N–H and O–H groups in total. The molecule has 0 unspecified atom stereocenters. The number of methoxy groups -OCH3 is 1. The second-order valence-electron chi connectivity index (χ2n) is 5.40. The molecule has 0 aliphatic carbocycles. The lowest BCUT2D eigenvalue weighted by Crippen LogP contribution is -2.37. The number of primary amides is 1. The van der Waals surface area contributed by atoms with Gasteiger partial charge in [0.1, 0.15) is 5.75 Å². The maximum absolute atomic E-state index is 12.5. The first-order valence-corrected chi connectivity index (χ1v) is 7.96. The number of benzene rings is 2. The van der Waals surface area contributed by atoms with Crippen LogP contribution in [-0.2, 0) is 14.3 Å². The lowest BCUT2D eigenvalue weighted by molar-refractivity contribution is -0.121. The molecule has 0 aliphatic rings. The van der Waals surface area contributed by atoms with Crippen LogP contribution in [0, 0.1) is 0 Å². The average Bonchev–Trinajstić information content (AvgIpc) is 2.67. The molecule has 2 aromatic carbocycles. The number of ether oxygens (including phenoxy) is 2. The molecule has 0 heterocycles. The van der Waals surface area contributed by atoms with Gasteiger partial charge in [-0.25, -0.2) is 4.79 Å². The lowest BCUT2D eigenvalue weighted by atomic mass is 10.2. The highest BCUT2D eigenvalue weighted by Gasteiger charge is 2.18. The van der Waals surface area contributed by atoms with Gasteiger partial charge in [0.15, 0.2) is 6.61 Å². The smallest absolute Gasteiger partial charge is 0.338 e. The number of carbonyl (C=O) groups is 3. The van der Waals surface area contributed by atoms with Crippen molar-refractivity contribution in [2.75, 3.05) is 25.2 Å². The van der Waals surface area contributed by atoms with Crippen LogP contribution in [0.25, 0.3) is 0 Å². The van der Waals surface area contributed by atoms with Gasteiger partial charge in [-0.2, -0.15) is 0 Å². The predicted molar refractivity (Wildman–Crippen MR) is 95.9 cm³/mol. The Morgan fingerprint density at radius 3 is 2.23 bits per heavy atom. The van der Waals surface area contributed by atoms with Gasteiger partial charge in [-0.3, -0.25) is 9.59 Å². The van der Waals surface area contributed by atoms with Gasteiger partial charge in [-0.05, 0) is 36.4 Å². The first kappa shape index (κ1) is 19.0. The number of amides is 2. The van der Waals surface area contributed by atoms with Crippen molar-refractivity contribution in [2.45, 2.75) is 6.42 Å². The summed E-state index contributed by atoms with van der Waals surface area (Å²) in [6.07, 6.45) is 0.00700. The Morgan fingerprint density at radius 1 is 1.00 bits per heavy atom. The third-order valence-electron chi connectivity index (χ3n) is 3.60. The topological polar surface area (TPSA) is 98.9 Å². The molecule has 2 amide bonds. The summed E-state index contributed by atoms with van der Waals surface area (Å²) in [5.41, 5.74) is 6.07. The highest BCUT2D eigenvalue weighted by molar-refractivity contribution is 5.97. The van der Waals surface area contributed by atoms with E-state index in [2.05, 4.69) is 0 Å². The number of hydrogen-bond donors (Lipinski definition) is 1. The third-order valence-corrected chi connectivity index (χ3v) is 3.60. The molecule has 0 saturated carbocycles. The van der Waals surface area contributed by atoms with Gasteiger partial charge in [0, 0.05) is 18.7 Å². The summed E-state index contributed by atoms with van der Waals surface area (Å²) >= 11 is 0. The van der Waals surface area contributed by atoms with Gasteiger partial charge in [0.05, 0.1) is 12.7 Å². The molecule has 2 aromatic rings. The van der Waals surface area contributed by atoms with Crippen LogP contribution in [-0.4, -0.2) is 38.0 Å². The normalized spacial score (nSPS) is 10.0. The fourth-order valence-electron chi connectivity index (χ4n) is 2.24. The standard InChI is InChI=1S/C19H20N2O5/c1-25-16-9-7-14(8-10-16)19(24)26-13-18(23)21(12-11-17(20)22)15-5-3-2-4-6-15/h2-10H,11-13H2,1H3,(H2,20,22). The van der Waals surface area contributed by atoms with Gasteiger partial charge < -0.3 is 20.1 Å². The quantitative estimate of drug-likeness (QED) is 0.727. The lowest BCUT2D eigenvalue weighted by Gasteiger charge is -2.22. The molecule has 2 rings (SSSR count). The Balaban J connectivity index is 2.01. The van der Waals surface area contributed by atoms with E-state index in [1.54, 1.807) is 48.5 Å². The van der Waals surface area contributed by atoms with E-state index in [-0.39, 0.29) is 13.0 Å². The molecule has 0 saturated heterocycles. The van der Waals surface area contributed by atoms with Crippen LogP contribution < -0.4 is 15.4 Å². The summed E-state index contributed by atoms with van der Waals surface area (Å²) in [5, 5.41) is 0. The maximum Gasteiger partial charge on any atom is 0.338 e. The van der Waals surface area contributed by atoms with Gasteiger partial charge in [-0.15, -0.1) is 0 Å². The average molecular weight is 356 g/mol. The number of anilines is 1. The van der Waals surface area contributed by atoms with E-state index in [1.807, 2.05) is 6.07 Å². The molecule has 136 valence electrons. The Morgan fingerprint density at radius 2 is 1.65 bits per heavy atom. The highest BCUT2D eigenvalue weighted by atomic mass is 16.5. The molecule has 0 bridgehead atoms. The monoisotopic (exact) mass is 356 g/mol. The van der Waals surface area contributed by atoms with Gasteiger partial charge in [-0.1, -0.05) is 18.2 Å². The zero-order valence-corrected chi connectivity index (χ0v) is 14.4. The largest absolute Gasteiger partial charge is 0.497 e. The highest BCUT2D eigenvalue weighted by Crippen LogP contribution is 2.15. The number of para-hydroxylation sites is 1. The van der Waals surface area contributed by atoms with Crippen molar-refractivity contribution in [3.8, 4) is 5.75 Å². The molecule has 7 nitrogen and oxygen atoms in total. The Bertz CT molecular complexity index is 759. The SMILES string of the molecule is COc1ccc(C(=O)OCC(=O)N(CCC(N)=O)c2ccccc2)cc1. The molecular weight excluding hydrogens is 336 g/mol. The van der Waals surface area contributed by atoms with E-state index < -0.39 is 24.4 Å². The molecule has 26 heavy (non-hydrogen) atoms. The van der Waals surface area contributed by atoms with Crippen LogP contribution in [0.3, 0.4) is 0 Å². The number of nitrogens with zero attached hydrogens (tertiary/aromatic N) is 1. The maximum atomic E-state index is 12.5. The number of nitrogens with two attached hydrogens (primary N) is 1. The van der Waals surface area contributed by atoms with E-state index in [4.69, 9.17) is 15.2 Å². The summed E-state index contributed by atoms with van der Waals surface area (Å²) in [4.78, 5) is 37.0. The summed E-state index contributed by atoms with van der Waals surface area (Å²) in [5.74, 6) is -0.975. The number of hydrogen-bond acceptors (Lipinski definition) is 5. The third kappa shape index (κ3) is 5.34. The van der Waals surface area contributed by atoms with Crippen molar-refractivity contribution in [1.82, 2.24) is 0 Å². The zero-order chi connectivity index (χ0) is 18.9. The summed E-state index contributed by atoms with van der Waals surface area (Å²) in [7, 11) is 1.52. The van der Waals surface area contributed by atoms with Crippen molar-refractivity contribution >= 4 is 23.5 Å². The Kier molecular flexibility index (Phi) is 6.73. The predicted octanol–water partition coefficient (Wildman–Crippen LogP) is 1.76. The van der Waals surface area contributed by atoms with Crippen LogP contribution in [0.5, 0.6) is 5.75 Å². The second-order valence-corrected chi connectivity index (χ2v) is 5.40. The fourth-order valence-corrected chi connectivity index (χ4v) is 2.24. The minimum absolute atomic E-state index is 0.00700. The van der Waals surface area contributed by atoms with Crippen molar-refractivity contribution < 1.29 is 23.9 Å². The van der Waals surface area contributed by atoms with Crippen LogP contribution in [0.4, 0.5) is 5.69 Å². The van der Waals surface area contributed by atoms with E-state index in [0.29, 0.717) is 17.0 Å². The molecule has 0 fully saturated rings. The molecule has 0 aliphatic heterocycles. The summed E-state index contributed by atoms with van der Waals surface area (Å²) < 4.78 is 10.1. The zero-order valence-electron chi connectivity index (χ0n) is 14.4. The van der Waals surface area contributed by atoms with Crippen LogP contribution in [0.15, 0.2) is 54.6 Å².